The summed E-state index contributed by atoms with van der Waals surface area (Å²) in [4.78, 5) is 12.9. The zero-order chi connectivity index (χ0) is 12.8. The number of pyridine rings is 1. The van der Waals surface area contributed by atoms with E-state index in [9.17, 15) is 26.7 Å². The molecule has 0 amide bonds. The van der Waals surface area contributed by atoms with Gasteiger partial charge in [-0.05, 0) is 6.07 Å². The number of benzene rings is 1. The van der Waals surface area contributed by atoms with Crippen molar-refractivity contribution >= 4 is 10.9 Å². The first-order valence-corrected chi connectivity index (χ1v) is 4.38. The number of hydrogen-bond acceptors (Lipinski definition) is 1. The van der Waals surface area contributed by atoms with Crippen LogP contribution in [0.1, 0.15) is 5.56 Å². The third-order valence-electron chi connectivity index (χ3n) is 2.16. The van der Waals surface area contributed by atoms with Crippen LogP contribution in [0.4, 0.5) is 22.0 Å². The second kappa shape index (κ2) is 3.54. The van der Waals surface area contributed by atoms with Crippen LogP contribution in [0.15, 0.2) is 23.0 Å². The van der Waals surface area contributed by atoms with Gasteiger partial charge in [-0.3, -0.25) is 4.79 Å². The Morgan fingerprint density at radius 1 is 1.06 bits per heavy atom. The van der Waals surface area contributed by atoms with Gasteiger partial charge >= 0.3 is 6.18 Å². The summed E-state index contributed by atoms with van der Waals surface area (Å²) in [5, 5.41) is -0.849. The summed E-state index contributed by atoms with van der Waals surface area (Å²) in [6.45, 7) is 0. The van der Waals surface area contributed by atoms with E-state index < -0.39 is 39.8 Å². The molecule has 1 heterocycles. The van der Waals surface area contributed by atoms with Gasteiger partial charge < -0.3 is 4.98 Å². The lowest BCUT2D eigenvalue weighted by Gasteiger charge is -2.10. The highest BCUT2D eigenvalue weighted by molar-refractivity contribution is 5.83. The molecule has 1 N–H and O–H groups in total. The van der Waals surface area contributed by atoms with E-state index in [1.807, 2.05) is 4.98 Å². The molecule has 17 heavy (non-hydrogen) atoms. The molecule has 0 aliphatic heterocycles. The molecule has 0 fully saturated rings. The SMILES string of the molecule is O=c1cc(C(F)(F)F)c2c(F)cc(F)cc2[nH]1. The summed E-state index contributed by atoms with van der Waals surface area (Å²) >= 11 is 0. The van der Waals surface area contributed by atoms with Gasteiger partial charge in [0.25, 0.3) is 0 Å². The van der Waals surface area contributed by atoms with Gasteiger partial charge in [0, 0.05) is 17.5 Å². The molecule has 2 aromatic rings. The monoisotopic (exact) mass is 249 g/mol. The molecule has 0 atom stereocenters. The zero-order valence-electron chi connectivity index (χ0n) is 8.03. The van der Waals surface area contributed by atoms with E-state index in [0.29, 0.717) is 12.1 Å². The summed E-state index contributed by atoms with van der Waals surface area (Å²) in [7, 11) is 0. The molecular formula is C10H4F5NO. The number of alkyl halides is 3. The number of halogens is 5. The lowest BCUT2D eigenvalue weighted by atomic mass is 10.1. The Balaban J connectivity index is 2.98. The topological polar surface area (TPSA) is 32.9 Å². The Bertz CT molecular complexity index is 643. The molecular weight excluding hydrogens is 245 g/mol. The summed E-state index contributed by atoms with van der Waals surface area (Å²) in [6, 6.07) is 1.20. The number of fused-ring (bicyclic) bond motifs is 1. The fourth-order valence-corrected chi connectivity index (χ4v) is 1.54. The molecule has 2 nitrogen and oxygen atoms in total. The molecule has 0 unspecified atom stereocenters. The van der Waals surface area contributed by atoms with Gasteiger partial charge in [0.15, 0.2) is 0 Å². The summed E-state index contributed by atoms with van der Waals surface area (Å²) in [6.07, 6.45) is -4.88. The van der Waals surface area contributed by atoms with Crippen molar-refractivity contribution < 1.29 is 22.0 Å². The van der Waals surface area contributed by atoms with Gasteiger partial charge in [-0.1, -0.05) is 0 Å². The average Bonchev–Trinajstić information content (AvgIpc) is 2.13. The second-order valence-electron chi connectivity index (χ2n) is 3.36. The van der Waals surface area contributed by atoms with Crippen molar-refractivity contribution in [2.75, 3.05) is 0 Å². The van der Waals surface area contributed by atoms with Gasteiger partial charge in [-0.2, -0.15) is 13.2 Å². The average molecular weight is 249 g/mol. The minimum absolute atomic E-state index is 0.239. The van der Waals surface area contributed by atoms with Crippen LogP contribution in [0.5, 0.6) is 0 Å². The normalized spacial score (nSPS) is 12.1. The molecule has 0 bridgehead atoms. The highest BCUT2D eigenvalue weighted by Crippen LogP contribution is 2.34. The first-order chi connectivity index (χ1) is 7.79. The first-order valence-electron chi connectivity index (χ1n) is 4.38. The van der Waals surface area contributed by atoms with Crippen molar-refractivity contribution in [1.82, 2.24) is 4.98 Å². The van der Waals surface area contributed by atoms with E-state index in [1.165, 1.54) is 0 Å². The van der Waals surface area contributed by atoms with Crippen molar-refractivity contribution in [3.8, 4) is 0 Å². The molecule has 0 aliphatic rings. The van der Waals surface area contributed by atoms with E-state index in [2.05, 4.69) is 0 Å². The smallest absolute Gasteiger partial charge is 0.322 e. The number of aromatic nitrogens is 1. The predicted octanol–water partition coefficient (Wildman–Crippen LogP) is 2.83. The van der Waals surface area contributed by atoms with Crippen LogP contribution >= 0.6 is 0 Å². The van der Waals surface area contributed by atoms with E-state index in [0.717, 1.165) is 0 Å². The molecule has 0 radical (unpaired) electrons. The van der Waals surface area contributed by atoms with Crippen LogP contribution in [-0.2, 0) is 6.18 Å². The van der Waals surface area contributed by atoms with Crippen molar-refractivity contribution in [2.24, 2.45) is 0 Å². The molecule has 0 saturated carbocycles. The van der Waals surface area contributed by atoms with Gasteiger partial charge in [-0.25, -0.2) is 8.78 Å². The molecule has 90 valence electrons. The van der Waals surface area contributed by atoms with Crippen LogP contribution in [0.3, 0.4) is 0 Å². The number of H-pyrrole nitrogens is 1. The number of aromatic amines is 1. The molecule has 1 aromatic carbocycles. The third kappa shape index (κ3) is 2.00. The van der Waals surface area contributed by atoms with Crippen LogP contribution in [0, 0.1) is 11.6 Å². The fourth-order valence-electron chi connectivity index (χ4n) is 1.54. The zero-order valence-corrected chi connectivity index (χ0v) is 8.03. The Kier molecular flexibility index (Phi) is 2.41. The van der Waals surface area contributed by atoms with Gasteiger partial charge in [-0.15, -0.1) is 0 Å². The minimum Gasteiger partial charge on any atom is -0.322 e. The summed E-state index contributed by atoms with van der Waals surface area (Å²) in [5.74, 6) is -2.44. The van der Waals surface area contributed by atoms with Crippen molar-refractivity contribution in [1.29, 1.82) is 0 Å². The Hall–Kier alpha value is -1.92. The van der Waals surface area contributed by atoms with E-state index in [4.69, 9.17) is 0 Å². The first kappa shape index (κ1) is 11.6. The Morgan fingerprint density at radius 2 is 1.71 bits per heavy atom. The van der Waals surface area contributed by atoms with Gasteiger partial charge in [0.05, 0.1) is 11.1 Å². The van der Waals surface area contributed by atoms with E-state index in [1.54, 1.807) is 0 Å². The van der Waals surface area contributed by atoms with Crippen LogP contribution in [0.2, 0.25) is 0 Å². The Morgan fingerprint density at radius 3 is 2.29 bits per heavy atom. The molecule has 0 aliphatic carbocycles. The van der Waals surface area contributed by atoms with Crippen molar-refractivity contribution in [3.05, 3.63) is 45.8 Å². The predicted molar refractivity (Wildman–Crippen MR) is 49.5 cm³/mol. The molecule has 0 spiro atoms. The fraction of sp³-hybridized carbons (Fsp3) is 0.100. The maximum absolute atomic E-state index is 13.3. The molecule has 7 heteroatoms. The number of rotatable bonds is 0. The second-order valence-corrected chi connectivity index (χ2v) is 3.36. The summed E-state index contributed by atoms with van der Waals surface area (Å²) < 4.78 is 63.8. The lowest BCUT2D eigenvalue weighted by Crippen LogP contribution is -2.14. The van der Waals surface area contributed by atoms with Gasteiger partial charge in [0.2, 0.25) is 5.56 Å². The summed E-state index contributed by atoms with van der Waals surface area (Å²) in [5.41, 5.74) is -3.02. The van der Waals surface area contributed by atoms with E-state index in [-0.39, 0.29) is 6.07 Å². The van der Waals surface area contributed by atoms with Crippen molar-refractivity contribution in [2.45, 2.75) is 6.18 Å². The van der Waals surface area contributed by atoms with Crippen molar-refractivity contribution in [3.63, 3.8) is 0 Å². The highest BCUT2D eigenvalue weighted by Gasteiger charge is 2.34. The molecule has 0 saturated heterocycles. The third-order valence-corrected chi connectivity index (χ3v) is 2.16. The number of hydrogen-bond donors (Lipinski definition) is 1. The minimum atomic E-state index is -4.88. The van der Waals surface area contributed by atoms with E-state index >= 15 is 0 Å². The quantitative estimate of drug-likeness (QED) is 0.715. The lowest BCUT2D eigenvalue weighted by molar-refractivity contribution is -0.136. The van der Waals surface area contributed by atoms with Crippen LogP contribution in [0.25, 0.3) is 10.9 Å². The number of nitrogens with one attached hydrogen (secondary N) is 1. The molecule has 1 aromatic heterocycles. The maximum atomic E-state index is 13.3. The van der Waals surface area contributed by atoms with Gasteiger partial charge in [0.1, 0.15) is 11.6 Å². The largest absolute Gasteiger partial charge is 0.417 e. The Labute approximate surface area is 90.7 Å². The molecule has 2 rings (SSSR count). The highest BCUT2D eigenvalue weighted by atomic mass is 19.4. The maximum Gasteiger partial charge on any atom is 0.417 e. The standard InChI is InChI=1S/C10H4F5NO/c11-4-1-6(12)9-5(10(13,14)15)3-8(17)16-7(9)2-4/h1-3H,(H,16,17). The van der Waals surface area contributed by atoms with Crippen LogP contribution in [-0.4, -0.2) is 4.98 Å². The van der Waals surface area contributed by atoms with Crippen LogP contribution < -0.4 is 5.56 Å².